The molecule has 3 rings (SSSR count). The maximum atomic E-state index is 1.62. The van der Waals surface area contributed by atoms with E-state index in [1.807, 2.05) is 0 Å². The van der Waals surface area contributed by atoms with Crippen LogP contribution in [0.5, 0.6) is 0 Å². The Morgan fingerprint density at radius 2 is 0.933 bits per heavy atom. The van der Waals surface area contributed by atoms with Gasteiger partial charge in [0.1, 0.15) is 0 Å². The fraction of sp³-hybridized carbons (Fsp3) is 1.00. The van der Waals surface area contributed by atoms with Crippen molar-refractivity contribution in [2.45, 2.75) is 70.6 Å². The molecule has 0 aliphatic heterocycles. The standard InChI is InChI=1S/C15H26/c1-2-5-12(6-3-1)14-9-10-15(11-14)13-7-4-8-13/h12-15H,1-11H2. The molecule has 2 atom stereocenters. The summed E-state index contributed by atoms with van der Waals surface area (Å²) in [5.41, 5.74) is 0. The summed E-state index contributed by atoms with van der Waals surface area (Å²) in [6.45, 7) is 0. The van der Waals surface area contributed by atoms with Crippen molar-refractivity contribution in [2.75, 3.05) is 0 Å². The van der Waals surface area contributed by atoms with Gasteiger partial charge in [-0.1, -0.05) is 51.4 Å². The summed E-state index contributed by atoms with van der Waals surface area (Å²) in [5.74, 6) is 4.61. The SMILES string of the molecule is C1CCC(C2CCC(C3CCC3)C2)CC1. The average Bonchev–Trinajstić information content (AvgIpc) is 2.66. The Morgan fingerprint density at radius 1 is 0.400 bits per heavy atom. The van der Waals surface area contributed by atoms with Crippen LogP contribution in [0.4, 0.5) is 0 Å². The molecule has 86 valence electrons. The van der Waals surface area contributed by atoms with Crippen molar-refractivity contribution in [2.24, 2.45) is 23.7 Å². The van der Waals surface area contributed by atoms with Gasteiger partial charge in [-0.15, -0.1) is 0 Å². The van der Waals surface area contributed by atoms with Crippen LogP contribution in [0.3, 0.4) is 0 Å². The molecule has 3 fully saturated rings. The largest absolute Gasteiger partial charge is 0.0533 e. The lowest BCUT2D eigenvalue weighted by atomic mass is 9.73. The molecular formula is C15H26. The zero-order valence-electron chi connectivity index (χ0n) is 10.1. The van der Waals surface area contributed by atoms with Crippen molar-refractivity contribution in [3.05, 3.63) is 0 Å². The van der Waals surface area contributed by atoms with Gasteiger partial charge in [0, 0.05) is 0 Å². The van der Waals surface area contributed by atoms with Crippen LogP contribution in [-0.2, 0) is 0 Å². The van der Waals surface area contributed by atoms with Crippen molar-refractivity contribution in [3.8, 4) is 0 Å². The van der Waals surface area contributed by atoms with E-state index in [2.05, 4.69) is 0 Å². The fourth-order valence-electron chi connectivity index (χ4n) is 4.43. The van der Waals surface area contributed by atoms with Crippen molar-refractivity contribution in [1.82, 2.24) is 0 Å². The zero-order valence-corrected chi connectivity index (χ0v) is 10.1. The monoisotopic (exact) mass is 206 g/mol. The normalized spacial score (nSPS) is 39.2. The first-order chi connectivity index (χ1) is 7.43. The van der Waals surface area contributed by atoms with Crippen molar-refractivity contribution >= 4 is 0 Å². The Balaban J connectivity index is 1.51. The fourth-order valence-corrected chi connectivity index (χ4v) is 4.43. The van der Waals surface area contributed by atoms with Gasteiger partial charge in [0.15, 0.2) is 0 Å². The molecule has 3 aliphatic carbocycles. The van der Waals surface area contributed by atoms with Gasteiger partial charge in [0.25, 0.3) is 0 Å². The van der Waals surface area contributed by atoms with E-state index in [4.69, 9.17) is 0 Å². The van der Waals surface area contributed by atoms with Gasteiger partial charge >= 0.3 is 0 Å². The highest BCUT2D eigenvalue weighted by Crippen LogP contribution is 2.48. The van der Waals surface area contributed by atoms with Crippen LogP contribution in [0, 0.1) is 23.7 Å². The van der Waals surface area contributed by atoms with Crippen LogP contribution < -0.4 is 0 Å². The molecule has 3 saturated carbocycles. The number of hydrogen-bond acceptors (Lipinski definition) is 0. The summed E-state index contributed by atoms with van der Waals surface area (Å²) in [5, 5.41) is 0. The van der Waals surface area contributed by atoms with E-state index >= 15 is 0 Å². The van der Waals surface area contributed by atoms with Gasteiger partial charge in [-0.05, 0) is 42.9 Å². The Kier molecular flexibility index (Phi) is 3.03. The minimum Gasteiger partial charge on any atom is -0.0533 e. The van der Waals surface area contributed by atoms with Gasteiger partial charge in [-0.2, -0.15) is 0 Å². The summed E-state index contributed by atoms with van der Waals surface area (Å²) in [6, 6.07) is 0. The minimum absolute atomic E-state index is 1.14. The van der Waals surface area contributed by atoms with E-state index in [1.54, 1.807) is 44.9 Å². The quantitative estimate of drug-likeness (QED) is 0.610. The van der Waals surface area contributed by atoms with Crippen LogP contribution in [0.2, 0.25) is 0 Å². The first kappa shape index (κ1) is 10.2. The number of hydrogen-bond donors (Lipinski definition) is 0. The second kappa shape index (κ2) is 4.47. The van der Waals surface area contributed by atoms with Crippen LogP contribution in [0.15, 0.2) is 0 Å². The third-order valence-corrected chi connectivity index (χ3v) is 5.65. The van der Waals surface area contributed by atoms with E-state index in [-0.39, 0.29) is 0 Å². The molecule has 0 aromatic heterocycles. The Bertz CT molecular complexity index is 198. The molecule has 2 unspecified atom stereocenters. The first-order valence-electron chi connectivity index (χ1n) is 7.43. The van der Waals surface area contributed by atoms with E-state index in [0.717, 1.165) is 17.8 Å². The van der Waals surface area contributed by atoms with Crippen molar-refractivity contribution in [3.63, 3.8) is 0 Å². The van der Waals surface area contributed by atoms with Crippen molar-refractivity contribution < 1.29 is 0 Å². The van der Waals surface area contributed by atoms with Crippen LogP contribution in [-0.4, -0.2) is 0 Å². The third-order valence-electron chi connectivity index (χ3n) is 5.65. The average molecular weight is 206 g/mol. The molecule has 0 nitrogen and oxygen atoms in total. The summed E-state index contributed by atoms with van der Waals surface area (Å²) >= 11 is 0. The molecule has 15 heavy (non-hydrogen) atoms. The van der Waals surface area contributed by atoms with Crippen LogP contribution in [0.1, 0.15) is 70.6 Å². The predicted octanol–water partition coefficient (Wildman–Crippen LogP) is 4.78. The molecule has 0 aromatic carbocycles. The third kappa shape index (κ3) is 2.10. The zero-order chi connectivity index (χ0) is 10.1. The highest BCUT2D eigenvalue weighted by atomic mass is 14.4. The topological polar surface area (TPSA) is 0 Å². The lowest BCUT2D eigenvalue weighted by Crippen LogP contribution is -2.21. The molecule has 0 spiro atoms. The molecule has 0 aromatic rings. The number of rotatable bonds is 2. The summed E-state index contributed by atoms with van der Waals surface area (Å²) in [7, 11) is 0. The molecule has 0 amide bonds. The van der Waals surface area contributed by atoms with E-state index in [0.29, 0.717) is 0 Å². The maximum absolute atomic E-state index is 1.62. The summed E-state index contributed by atoms with van der Waals surface area (Å²) in [4.78, 5) is 0. The highest BCUT2D eigenvalue weighted by Gasteiger charge is 2.36. The molecule has 0 heterocycles. The molecule has 3 aliphatic rings. The molecule has 0 heteroatoms. The van der Waals surface area contributed by atoms with Gasteiger partial charge < -0.3 is 0 Å². The smallest absolute Gasteiger partial charge is 0.0383 e. The predicted molar refractivity (Wildman–Crippen MR) is 64.7 cm³/mol. The first-order valence-corrected chi connectivity index (χ1v) is 7.43. The highest BCUT2D eigenvalue weighted by molar-refractivity contribution is 4.87. The van der Waals surface area contributed by atoms with Gasteiger partial charge in [0.05, 0.1) is 0 Å². The minimum atomic E-state index is 1.14. The Labute approximate surface area is 94.8 Å². The summed E-state index contributed by atoms with van der Waals surface area (Å²) < 4.78 is 0. The lowest BCUT2D eigenvalue weighted by Gasteiger charge is -2.32. The molecule has 0 bridgehead atoms. The van der Waals surface area contributed by atoms with Crippen LogP contribution in [0.25, 0.3) is 0 Å². The second-order valence-electron chi connectivity index (χ2n) is 6.42. The van der Waals surface area contributed by atoms with Gasteiger partial charge in [-0.25, -0.2) is 0 Å². The van der Waals surface area contributed by atoms with E-state index < -0.39 is 0 Å². The molecule has 0 radical (unpaired) electrons. The maximum Gasteiger partial charge on any atom is -0.0383 e. The Hall–Kier alpha value is 0. The molecular weight excluding hydrogens is 180 g/mol. The van der Waals surface area contributed by atoms with Crippen LogP contribution >= 0.6 is 0 Å². The lowest BCUT2D eigenvalue weighted by molar-refractivity contribution is 0.188. The van der Waals surface area contributed by atoms with Gasteiger partial charge in [0.2, 0.25) is 0 Å². The summed E-state index contributed by atoms with van der Waals surface area (Å²) in [6.07, 6.45) is 17.2. The van der Waals surface area contributed by atoms with E-state index in [1.165, 1.54) is 31.6 Å². The Morgan fingerprint density at radius 3 is 1.40 bits per heavy atom. The van der Waals surface area contributed by atoms with E-state index in [9.17, 15) is 0 Å². The molecule has 0 saturated heterocycles. The molecule has 0 N–H and O–H groups in total. The van der Waals surface area contributed by atoms with Gasteiger partial charge in [-0.3, -0.25) is 0 Å². The second-order valence-corrected chi connectivity index (χ2v) is 6.42. The van der Waals surface area contributed by atoms with Crippen molar-refractivity contribution in [1.29, 1.82) is 0 Å².